The second-order valence-corrected chi connectivity index (χ2v) is 42.7. The van der Waals surface area contributed by atoms with Gasteiger partial charge in [0.25, 0.3) is 0 Å². The van der Waals surface area contributed by atoms with Crippen LogP contribution in [0.15, 0.2) is 130 Å². The molecule has 10 rings (SSSR count). The molecule has 2 fully saturated rings. The zero-order valence-corrected chi connectivity index (χ0v) is 81.7. The monoisotopic (exact) mass is 1860 g/mol. The van der Waals surface area contributed by atoms with E-state index in [1.807, 2.05) is 0 Å². The number of rotatable bonds is 46. The zero-order chi connectivity index (χ0) is 83.0. The SMILES string of the molecule is CCCCCCc1cc(CCCCCC)cc(-c2cc(B3OC(C)(C)C(C)(C)O3)cc3c(-c4cc(CCCCCC)cc(CCCCCC)c4)cc(B4OC(C)(C)C(C)(C)O4)cc23)c1.CCCCCCc1cc(CCCCCC)cc(-c2cc(Br)cc3c(-c4cc(CCCCCC)cc(CCCCCC)c4)cc(Br)cc23)c1.[Br][Cu][Br]. The molecule has 633 valence electrons. The molecule has 0 aromatic heterocycles. The van der Waals surface area contributed by atoms with Crippen molar-refractivity contribution in [3.05, 3.63) is 175 Å². The Morgan fingerprint density at radius 3 is 0.591 bits per heavy atom. The van der Waals surface area contributed by atoms with Crippen LogP contribution in [0.2, 0.25) is 0 Å². The normalized spacial score (nSPS) is 14.8. The summed E-state index contributed by atoms with van der Waals surface area (Å²) in [6.45, 7) is 35.7. The number of unbranched alkanes of at least 4 members (excludes halogenated alkanes) is 24. The number of fused-ring (bicyclic) bond motifs is 2. The summed E-state index contributed by atoms with van der Waals surface area (Å²) in [5, 5.41) is 5.11. The minimum atomic E-state index is -0.492. The quantitative estimate of drug-likeness (QED) is 0.0281. The van der Waals surface area contributed by atoms with Gasteiger partial charge in [-0.05, 0) is 304 Å². The molecule has 0 N–H and O–H groups in total. The number of halogens is 4. The summed E-state index contributed by atoms with van der Waals surface area (Å²) < 4.78 is 29.9. The third-order valence-electron chi connectivity index (χ3n) is 25.2. The standard InChI is InChI=1S/C58H86B2O4.C46H62Br2.2BrH.Cu/c1-13-17-21-25-29-43-33-44(30-26-22-18-14-2)36-47(35-43)51-39-49(59-61-55(5,6)56(7,8)62-59)42-54-52(40-50(41-53(51)54)60-63-57(9,10)58(11,12)64-60)48-37-45(31-27-23-19-15-3)34-46(38-48)32-28-24-20-16-4;1-5-9-13-17-21-35-25-36(22-18-14-10-6-2)28-39(27-35)43-31-41(47)34-46-44(32-42(48)33-45(43)46)40-29-37(23-19-15-11-7-3)26-38(30-40)24-20-16-12-8-4;;;/h33-42H,13-32H2,1-12H3;25-34H,5-24H2,1-4H3;2*1H;/q;;;;+2/p-2. The summed E-state index contributed by atoms with van der Waals surface area (Å²) in [7, 11) is -0.984. The molecule has 0 amide bonds. The molecule has 4 nitrogen and oxygen atoms in total. The Bertz CT molecular complexity index is 3840. The summed E-state index contributed by atoms with van der Waals surface area (Å²) >= 11 is 15.3. The van der Waals surface area contributed by atoms with E-state index in [1.165, 1.54) is 353 Å². The Labute approximate surface area is 739 Å². The summed E-state index contributed by atoms with van der Waals surface area (Å²) in [5.41, 5.74) is 22.5. The van der Waals surface area contributed by atoms with Crippen molar-refractivity contribution >= 4 is 107 Å². The van der Waals surface area contributed by atoms with Crippen molar-refractivity contribution in [2.45, 2.75) is 390 Å². The molecular formula is C104H148B2Br4CuO4. The fourth-order valence-electron chi connectivity index (χ4n) is 17.0. The molecule has 0 atom stereocenters. The predicted octanol–water partition coefficient (Wildman–Crippen LogP) is 33.1. The van der Waals surface area contributed by atoms with Crippen molar-refractivity contribution in [1.82, 2.24) is 0 Å². The van der Waals surface area contributed by atoms with Gasteiger partial charge in [-0.15, -0.1) is 0 Å². The van der Waals surface area contributed by atoms with Crippen molar-refractivity contribution in [2.24, 2.45) is 0 Å². The third-order valence-corrected chi connectivity index (χ3v) is 26.1. The van der Waals surface area contributed by atoms with Gasteiger partial charge in [-0.3, -0.25) is 0 Å². The zero-order valence-electron chi connectivity index (χ0n) is 74.4. The van der Waals surface area contributed by atoms with Crippen molar-refractivity contribution in [3.8, 4) is 44.5 Å². The second-order valence-electron chi connectivity index (χ2n) is 36.1. The van der Waals surface area contributed by atoms with E-state index in [2.05, 4.69) is 292 Å². The Hall–Kier alpha value is -3.31. The number of benzene rings is 8. The first-order valence-corrected chi connectivity index (χ1v) is 52.2. The topological polar surface area (TPSA) is 36.9 Å². The molecule has 0 spiro atoms. The molecule has 0 radical (unpaired) electrons. The molecule has 11 heteroatoms. The Balaban J connectivity index is 0.000000289. The summed E-state index contributed by atoms with van der Waals surface area (Å²) in [6, 6.07) is 49.0. The molecule has 8 aromatic carbocycles. The molecule has 8 aromatic rings. The van der Waals surface area contributed by atoms with Crippen LogP contribution in [0.25, 0.3) is 66.1 Å². The fraction of sp³-hybridized carbons (Fsp3) is 0.577. The first-order chi connectivity index (χ1) is 55.4. The van der Waals surface area contributed by atoms with Gasteiger partial charge >= 0.3 is 53.8 Å². The van der Waals surface area contributed by atoms with E-state index in [0.29, 0.717) is 0 Å². The second kappa shape index (κ2) is 49.7. The summed E-state index contributed by atoms with van der Waals surface area (Å²) in [4.78, 5) is 0. The van der Waals surface area contributed by atoms with Gasteiger partial charge in [0.1, 0.15) is 0 Å². The predicted molar refractivity (Wildman–Crippen MR) is 517 cm³/mol. The first kappa shape index (κ1) is 97.1. The molecule has 0 aliphatic carbocycles. The van der Waals surface area contributed by atoms with Crippen LogP contribution in [0, 0.1) is 0 Å². The van der Waals surface area contributed by atoms with E-state index in [4.69, 9.17) is 18.6 Å². The van der Waals surface area contributed by atoms with Gasteiger partial charge in [-0.1, -0.05) is 338 Å². The van der Waals surface area contributed by atoms with Crippen LogP contribution >= 0.6 is 60.1 Å². The first-order valence-electron chi connectivity index (χ1n) is 46.0. The Kier molecular flexibility index (Phi) is 42.0. The van der Waals surface area contributed by atoms with Crippen LogP contribution in [-0.4, -0.2) is 36.6 Å². The Morgan fingerprint density at radius 1 is 0.235 bits per heavy atom. The van der Waals surface area contributed by atoms with Crippen LogP contribution in [0.4, 0.5) is 0 Å². The van der Waals surface area contributed by atoms with Crippen molar-refractivity contribution in [2.75, 3.05) is 0 Å². The van der Waals surface area contributed by atoms with Crippen LogP contribution in [-0.2, 0) is 81.3 Å². The van der Waals surface area contributed by atoms with Crippen LogP contribution in [0.1, 0.15) is 361 Å². The molecule has 2 aliphatic rings. The van der Waals surface area contributed by atoms with Crippen LogP contribution < -0.4 is 10.9 Å². The van der Waals surface area contributed by atoms with E-state index in [-0.39, 0.29) is 0 Å². The minimum absolute atomic E-state index is 0.459. The van der Waals surface area contributed by atoms with Gasteiger partial charge in [-0.2, -0.15) is 0 Å². The Morgan fingerprint density at radius 2 is 0.409 bits per heavy atom. The molecule has 115 heavy (non-hydrogen) atoms. The average molecular weight is 1870 g/mol. The van der Waals surface area contributed by atoms with Crippen LogP contribution in [0.5, 0.6) is 0 Å². The number of hydrogen-bond acceptors (Lipinski definition) is 4. The van der Waals surface area contributed by atoms with Gasteiger partial charge < -0.3 is 18.6 Å². The average Bonchev–Trinajstić information content (AvgIpc) is 1.72. The number of aryl methyl sites for hydroxylation is 8. The summed E-state index contributed by atoms with van der Waals surface area (Å²) in [5.74, 6) is 0. The maximum absolute atomic E-state index is 6.89. The van der Waals surface area contributed by atoms with Crippen molar-refractivity contribution in [3.63, 3.8) is 0 Å². The maximum atomic E-state index is 6.89. The molecular weight excluding hydrogens is 1720 g/mol. The van der Waals surface area contributed by atoms with E-state index in [1.54, 1.807) is 0 Å². The number of hydrogen-bond donors (Lipinski definition) is 0. The molecule has 0 bridgehead atoms. The summed E-state index contributed by atoms with van der Waals surface area (Å²) in [6.07, 6.45) is 50.0. The van der Waals surface area contributed by atoms with Gasteiger partial charge in [0, 0.05) is 8.95 Å². The molecule has 0 unspecified atom stereocenters. The van der Waals surface area contributed by atoms with Crippen molar-refractivity contribution in [1.29, 1.82) is 0 Å². The molecule has 2 heterocycles. The third kappa shape index (κ3) is 29.5. The molecule has 2 aliphatic heterocycles. The van der Waals surface area contributed by atoms with E-state index >= 15 is 0 Å². The van der Waals surface area contributed by atoms with Gasteiger partial charge in [0.2, 0.25) is 0 Å². The molecule has 2 saturated heterocycles. The van der Waals surface area contributed by atoms with E-state index < -0.39 is 36.6 Å². The molecule has 0 saturated carbocycles. The van der Waals surface area contributed by atoms with Gasteiger partial charge in [-0.25, -0.2) is 0 Å². The van der Waals surface area contributed by atoms with Gasteiger partial charge in [0.15, 0.2) is 0 Å². The van der Waals surface area contributed by atoms with Gasteiger partial charge in [0.05, 0.1) is 22.4 Å². The van der Waals surface area contributed by atoms with E-state index in [9.17, 15) is 0 Å². The van der Waals surface area contributed by atoms with E-state index in [0.717, 1.165) is 45.6 Å². The van der Waals surface area contributed by atoms with Crippen LogP contribution in [0.3, 0.4) is 0 Å². The van der Waals surface area contributed by atoms with Crippen molar-refractivity contribution < 1.29 is 30.0 Å². The fourth-order valence-corrected chi connectivity index (χ4v) is 17.9.